The summed E-state index contributed by atoms with van der Waals surface area (Å²) in [5, 5.41) is 11.1. The van der Waals surface area contributed by atoms with Crippen LogP contribution in [0.4, 0.5) is 0 Å². The normalized spacial score (nSPS) is 12.8. The van der Waals surface area contributed by atoms with Crippen LogP contribution < -0.4 is 0 Å². The van der Waals surface area contributed by atoms with Crippen LogP contribution in [0.25, 0.3) is 5.69 Å². The van der Waals surface area contributed by atoms with Crippen molar-refractivity contribution in [2.45, 2.75) is 57.0 Å². The Morgan fingerprint density at radius 1 is 1.00 bits per heavy atom. The predicted molar refractivity (Wildman–Crippen MR) is 121 cm³/mol. The van der Waals surface area contributed by atoms with Crippen LogP contribution in [0.15, 0.2) is 42.7 Å². The first-order valence-electron chi connectivity index (χ1n) is 10.6. The molecule has 8 heteroatoms. The number of aryl methyl sites for hydroxylation is 1. The number of methoxy groups -OCH3 is 2. The van der Waals surface area contributed by atoms with Crippen molar-refractivity contribution in [2.75, 3.05) is 14.2 Å². The molecule has 32 heavy (non-hydrogen) atoms. The fourth-order valence-electron chi connectivity index (χ4n) is 3.60. The van der Waals surface area contributed by atoms with Crippen molar-refractivity contribution < 1.29 is 29.0 Å². The molecule has 1 heterocycles. The lowest BCUT2D eigenvalue weighted by Gasteiger charge is -2.23. The van der Waals surface area contributed by atoms with Crippen LogP contribution in [-0.2, 0) is 30.3 Å². The van der Waals surface area contributed by atoms with E-state index < -0.39 is 30.4 Å². The lowest BCUT2D eigenvalue weighted by molar-refractivity contribution is -0.171. The first kappa shape index (κ1) is 25.6. The number of nitrogens with zero attached hydrogens (tertiary/aromatic N) is 1. The Hall–Kier alpha value is -2.64. The molecule has 0 saturated heterocycles. The molecule has 0 aliphatic carbocycles. The summed E-state index contributed by atoms with van der Waals surface area (Å²) in [6.45, 7) is 0. The molecule has 174 valence electrons. The second-order valence-corrected chi connectivity index (χ2v) is 8.21. The number of Topliss-reactive ketones (excluding diaryl/α,β-unsaturated/α-hetero) is 1. The van der Waals surface area contributed by atoms with E-state index in [4.69, 9.17) is 11.6 Å². The minimum atomic E-state index is -2.19. The van der Waals surface area contributed by atoms with E-state index in [9.17, 15) is 19.5 Å². The summed E-state index contributed by atoms with van der Waals surface area (Å²) in [5.74, 6) is -2.10. The lowest BCUT2D eigenvalue weighted by Crippen LogP contribution is -2.43. The highest BCUT2D eigenvalue weighted by molar-refractivity contribution is 6.30. The molecule has 1 aromatic carbocycles. The number of benzene rings is 1. The van der Waals surface area contributed by atoms with Crippen LogP contribution in [0.5, 0.6) is 0 Å². The Kier molecular flexibility index (Phi) is 9.94. The summed E-state index contributed by atoms with van der Waals surface area (Å²) < 4.78 is 11.1. The highest BCUT2D eigenvalue weighted by Crippen LogP contribution is 2.23. The Balaban J connectivity index is 1.78. The first-order chi connectivity index (χ1) is 15.3. The molecule has 1 unspecified atom stereocenters. The lowest BCUT2D eigenvalue weighted by atomic mass is 9.91. The van der Waals surface area contributed by atoms with Gasteiger partial charge in [-0.15, -0.1) is 0 Å². The number of aliphatic hydroxyl groups is 1. The zero-order valence-corrected chi connectivity index (χ0v) is 19.3. The first-order valence-corrected chi connectivity index (χ1v) is 11.0. The number of esters is 2. The smallest absolute Gasteiger partial charge is 0.338 e. The summed E-state index contributed by atoms with van der Waals surface area (Å²) in [4.78, 5) is 35.6. The third-order valence-corrected chi connectivity index (χ3v) is 5.54. The molecular weight excluding hydrogens is 434 g/mol. The number of ether oxygens (including phenoxy) is 2. The highest BCUT2D eigenvalue weighted by atomic mass is 35.5. The zero-order chi connectivity index (χ0) is 23.6. The van der Waals surface area contributed by atoms with E-state index in [1.807, 2.05) is 47.3 Å². The second kappa shape index (κ2) is 12.4. The van der Waals surface area contributed by atoms with Crippen molar-refractivity contribution in [1.29, 1.82) is 0 Å². The van der Waals surface area contributed by atoms with Gasteiger partial charge >= 0.3 is 11.9 Å². The monoisotopic (exact) mass is 463 g/mol. The minimum absolute atomic E-state index is 0.218. The standard InChI is InChI=1S/C24H30ClNO6/c1-31-22(28)17-24(30,23(29)32-2)16-20(27)10-6-4-3-5-9-18-11-12-19(25)15-21(18)26-13-7-8-14-26/h7-8,11-15,30H,3-6,9-10,16-17H2,1-2H3. The number of halogens is 1. The summed E-state index contributed by atoms with van der Waals surface area (Å²) in [7, 11) is 2.24. The van der Waals surface area contributed by atoms with Gasteiger partial charge in [-0.3, -0.25) is 9.59 Å². The van der Waals surface area contributed by atoms with Gasteiger partial charge in [-0.2, -0.15) is 0 Å². The maximum absolute atomic E-state index is 12.3. The van der Waals surface area contributed by atoms with E-state index in [0.717, 1.165) is 45.6 Å². The number of carbonyl (C=O) groups excluding carboxylic acids is 3. The predicted octanol–water partition coefficient (Wildman–Crippen LogP) is 4.05. The van der Waals surface area contributed by atoms with Gasteiger partial charge in [-0.1, -0.05) is 30.5 Å². The Morgan fingerprint density at radius 3 is 2.34 bits per heavy atom. The third-order valence-electron chi connectivity index (χ3n) is 5.30. The maximum Gasteiger partial charge on any atom is 0.338 e. The summed E-state index contributed by atoms with van der Waals surface area (Å²) in [6.07, 6.45) is 7.35. The minimum Gasteiger partial charge on any atom is -0.469 e. The topological polar surface area (TPSA) is 94.8 Å². The van der Waals surface area contributed by atoms with E-state index in [2.05, 4.69) is 9.47 Å². The molecule has 0 aliphatic heterocycles. The molecule has 7 nitrogen and oxygen atoms in total. The van der Waals surface area contributed by atoms with Gasteiger partial charge in [0, 0.05) is 35.9 Å². The second-order valence-electron chi connectivity index (χ2n) is 7.77. The number of hydrogen-bond acceptors (Lipinski definition) is 6. The molecule has 0 amide bonds. The van der Waals surface area contributed by atoms with Crippen LogP contribution in [-0.4, -0.2) is 47.2 Å². The van der Waals surface area contributed by atoms with Gasteiger partial charge in [0.2, 0.25) is 0 Å². The van der Waals surface area contributed by atoms with Crippen LogP contribution in [0.3, 0.4) is 0 Å². The number of aromatic nitrogens is 1. The van der Waals surface area contributed by atoms with Crippen molar-refractivity contribution in [3.63, 3.8) is 0 Å². The molecule has 1 aromatic heterocycles. The van der Waals surface area contributed by atoms with Gasteiger partial charge < -0.3 is 19.1 Å². The molecule has 0 saturated carbocycles. The van der Waals surface area contributed by atoms with Crippen LogP contribution in [0, 0.1) is 0 Å². The Labute approximate surface area is 193 Å². The summed E-state index contributed by atoms with van der Waals surface area (Å²) >= 11 is 6.16. The fraction of sp³-hybridized carbons (Fsp3) is 0.458. The molecule has 0 radical (unpaired) electrons. The molecule has 2 rings (SSSR count). The van der Waals surface area contributed by atoms with Crippen LogP contribution >= 0.6 is 11.6 Å². The molecule has 2 aromatic rings. The van der Waals surface area contributed by atoms with Gasteiger partial charge in [-0.05, 0) is 49.1 Å². The van der Waals surface area contributed by atoms with Gasteiger partial charge in [0.15, 0.2) is 5.60 Å². The number of unbranched alkanes of at least 4 members (excludes halogenated alkanes) is 3. The molecule has 0 bridgehead atoms. The number of hydrogen-bond donors (Lipinski definition) is 1. The van der Waals surface area contributed by atoms with Crippen molar-refractivity contribution in [3.05, 3.63) is 53.3 Å². The fourth-order valence-corrected chi connectivity index (χ4v) is 3.76. The Morgan fingerprint density at radius 2 is 1.69 bits per heavy atom. The van der Waals surface area contributed by atoms with Gasteiger partial charge in [0.1, 0.15) is 5.78 Å². The van der Waals surface area contributed by atoms with E-state index in [-0.39, 0.29) is 12.2 Å². The number of rotatable bonds is 13. The van der Waals surface area contributed by atoms with Crippen molar-refractivity contribution in [1.82, 2.24) is 4.57 Å². The third kappa shape index (κ3) is 7.50. The molecule has 1 N–H and O–H groups in total. The van der Waals surface area contributed by atoms with E-state index in [1.54, 1.807) is 0 Å². The van der Waals surface area contributed by atoms with Gasteiger partial charge in [0.25, 0.3) is 0 Å². The van der Waals surface area contributed by atoms with Crippen LogP contribution in [0.1, 0.15) is 50.5 Å². The van der Waals surface area contributed by atoms with Crippen LogP contribution in [0.2, 0.25) is 5.02 Å². The average molecular weight is 464 g/mol. The van der Waals surface area contributed by atoms with Crippen molar-refractivity contribution in [3.8, 4) is 5.69 Å². The molecular formula is C24H30ClNO6. The molecule has 0 aliphatic rings. The van der Waals surface area contributed by atoms with E-state index in [0.29, 0.717) is 11.4 Å². The molecule has 0 spiro atoms. The Bertz CT molecular complexity index is 911. The SMILES string of the molecule is COC(=O)CC(O)(CC(=O)CCCCCCc1ccc(Cl)cc1-n1cccc1)C(=O)OC. The quantitative estimate of drug-likeness (QED) is 0.355. The maximum atomic E-state index is 12.3. The highest BCUT2D eigenvalue weighted by Gasteiger charge is 2.41. The summed E-state index contributed by atoms with van der Waals surface area (Å²) in [5.41, 5.74) is 0.0700. The number of ketones is 1. The van der Waals surface area contributed by atoms with Gasteiger partial charge in [-0.25, -0.2) is 4.79 Å². The number of carbonyl (C=O) groups is 3. The molecule has 1 atom stereocenters. The largest absolute Gasteiger partial charge is 0.469 e. The van der Waals surface area contributed by atoms with Crippen molar-refractivity contribution in [2.24, 2.45) is 0 Å². The van der Waals surface area contributed by atoms with Gasteiger partial charge in [0.05, 0.1) is 20.6 Å². The average Bonchev–Trinajstić information content (AvgIpc) is 3.30. The van der Waals surface area contributed by atoms with Crippen molar-refractivity contribution >= 4 is 29.3 Å². The van der Waals surface area contributed by atoms with E-state index in [1.165, 1.54) is 5.56 Å². The molecule has 0 fully saturated rings. The van der Waals surface area contributed by atoms with E-state index >= 15 is 0 Å². The summed E-state index contributed by atoms with van der Waals surface area (Å²) in [6, 6.07) is 9.81. The zero-order valence-electron chi connectivity index (χ0n) is 18.5.